The van der Waals surface area contributed by atoms with Crippen molar-refractivity contribution in [2.45, 2.75) is 19.2 Å². The minimum atomic E-state index is -4.82. The lowest BCUT2D eigenvalue weighted by Gasteiger charge is -2.17. The van der Waals surface area contributed by atoms with Crippen LogP contribution in [0.5, 0.6) is 5.75 Å². The third-order valence-electron chi connectivity index (χ3n) is 2.19. The highest BCUT2D eigenvalue weighted by molar-refractivity contribution is 6.43. The van der Waals surface area contributed by atoms with Gasteiger partial charge in [0.1, 0.15) is 17.4 Å². The molecule has 8 heteroatoms. The zero-order valence-corrected chi connectivity index (χ0v) is 11.1. The fraction of sp³-hybridized carbons (Fsp3) is 0.364. The SMILES string of the molecule is CC(=O)c1ccc(Cl)c(Cl)c1OCC(O)C(F)(F)F. The smallest absolute Gasteiger partial charge is 0.417 e. The zero-order chi connectivity index (χ0) is 14.8. The molecule has 0 bridgehead atoms. The number of alkyl halides is 3. The summed E-state index contributed by atoms with van der Waals surface area (Å²) in [5.41, 5.74) is -0.0104. The first-order chi connectivity index (χ1) is 8.64. The Morgan fingerprint density at radius 2 is 2.00 bits per heavy atom. The van der Waals surface area contributed by atoms with Gasteiger partial charge in [-0.05, 0) is 19.1 Å². The van der Waals surface area contributed by atoms with Crippen LogP contribution in [0.4, 0.5) is 13.2 Å². The van der Waals surface area contributed by atoms with Crippen molar-refractivity contribution >= 4 is 29.0 Å². The molecule has 1 aromatic rings. The summed E-state index contributed by atoms with van der Waals surface area (Å²) >= 11 is 11.5. The Labute approximate surface area is 116 Å². The number of halogens is 5. The van der Waals surface area contributed by atoms with Crippen LogP contribution in [0.25, 0.3) is 0 Å². The second-order valence-corrected chi connectivity index (χ2v) is 4.45. The average Bonchev–Trinajstić information content (AvgIpc) is 2.28. The van der Waals surface area contributed by atoms with Gasteiger partial charge in [-0.3, -0.25) is 4.79 Å². The highest BCUT2D eigenvalue weighted by Gasteiger charge is 2.39. The van der Waals surface area contributed by atoms with Crippen LogP contribution < -0.4 is 4.74 Å². The van der Waals surface area contributed by atoms with Crippen molar-refractivity contribution in [1.29, 1.82) is 0 Å². The fourth-order valence-corrected chi connectivity index (χ4v) is 1.58. The molecule has 0 radical (unpaired) electrons. The largest absolute Gasteiger partial charge is 0.488 e. The van der Waals surface area contributed by atoms with Crippen LogP contribution in [0.3, 0.4) is 0 Å². The highest BCUT2D eigenvalue weighted by atomic mass is 35.5. The van der Waals surface area contributed by atoms with E-state index in [2.05, 4.69) is 0 Å². The molecule has 3 nitrogen and oxygen atoms in total. The molecule has 1 N–H and O–H groups in total. The lowest BCUT2D eigenvalue weighted by Crippen LogP contribution is -2.34. The maximum absolute atomic E-state index is 12.1. The summed E-state index contributed by atoms with van der Waals surface area (Å²) in [4.78, 5) is 11.3. The van der Waals surface area contributed by atoms with Gasteiger partial charge in [0.15, 0.2) is 11.9 Å². The maximum atomic E-state index is 12.1. The summed E-state index contributed by atoms with van der Waals surface area (Å²) in [6.45, 7) is 0.121. The van der Waals surface area contributed by atoms with E-state index in [4.69, 9.17) is 33.0 Å². The Morgan fingerprint density at radius 3 is 2.47 bits per heavy atom. The Bertz CT molecular complexity index is 489. The molecule has 0 aliphatic rings. The van der Waals surface area contributed by atoms with Gasteiger partial charge >= 0.3 is 6.18 Å². The van der Waals surface area contributed by atoms with E-state index in [-0.39, 0.29) is 21.4 Å². The normalized spacial score (nSPS) is 13.2. The van der Waals surface area contributed by atoms with E-state index in [1.807, 2.05) is 0 Å². The van der Waals surface area contributed by atoms with Gasteiger partial charge in [-0.2, -0.15) is 13.2 Å². The Kier molecular flexibility index (Phi) is 5.06. The fourth-order valence-electron chi connectivity index (χ4n) is 1.21. The van der Waals surface area contributed by atoms with E-state index in [0.29, 0.717) is 0 Å². The molecule has 0 aromatic heterocycles. The molecule has 1 unspecified atom stereocenters. The molecule has 0 aliphatic carbocycles. The van der Waals surface area contributed by atoms with Crippen molar-refractivity contribution in [1.82, 2.24) is 0 Å². The molecular weight excluding hydrogens is 308 g/mol. The van der Waals surface area contributed by atoms with Crippen LogP contribution in [-0.4, -0.2) is 29.8 Å². The number of hydrogen-bond donors (Lipinski definition) is 1. The average molecular weight is 317 g/mol. The molecule has 0 fully saturated rings. The topological polar surface area (TPSA) is 46.5 Å². The number of aliphatic hydroxyl groups is 1. The maximum Gasteiger partial charge on any atom is 0.417 e. The number of benzene rings is 1. The lowest BCUT2D eigenvalue weighted by molar-refractivity contribution is -0.210. The van der Waals surface area contributed by atoms with E-state index in [1.54, 1.807) is 0 Å². The Balaban J connectivity index is 3.00. The van der Waals surface area contributed by atoms with Gasteiger partial charge in [-0.1, -0.05) is 23.2 Å². The minimum Gasteiger partial charge on any atom is -0.488 e. The molecule has 0 spiro atoms. The van der Waals surface area contributed by atoms with Crippen LogP contribution >= 0.6 is 23.2 Å². The van der Waals surface area contributed by atoms with Crippen molar-refractivity contribution in [3.05, 3.63) is 27.7 Å². The van der Waals surface area contributed by atoms with E-state index in [1.165, 1.54) is 19.1 Å². The summed E-state index contributed by atoms with van der Waals surface area (Å²) in [5.74, 6) is -0.722. The Hall–Kier alpha value is -0.980. The summed E-state index contributed by atoms with van der Waals surface area (Å²) in [6, 6.07) is 2.61. The molecule has 1 rings (SSSR count). The summed E-state index contributed by atoms with van der Waals surface area (Å²) < 4.78 is 41.2. The standard InChI is InChI=1S/C11H9Cl2F3O3/c1-5(17)6-2-3-7(12)9(13)10(6)19-4-8(18)11(14,15)16/h2-3,8,18H,4H2,1H3. The molecule has 0 heterocycles. The van der Waals surface area contributed by atoms with Crippen molar-refractivity contribution in [2.24, 2.45) is 0 Å². The molecule has 0 amide bonds. The van der Waals surface area contributed by atoms with Crippen molar-refractivity contribution < 1.29 is 27.8 Å². The first kappa shape index (κ1) is 16.1. The van der Waals surface area contributed by atoms with Crippen molar-refractivity contribution in [3.8, 4) is 5.75 Å². The molecule has 0 saturated heterocycles. The number of Topliss-reactive ketones (excluding diaryl/α,β-unsaturated/α-hetero) is 1. The molecule has 1 aromatic carbocycles. The predicted octanol–water partition coefficient (Wildman–Crippen LogP) is 3.50. The summed E-state index contributed by atoms with van der Waals surface area (Å²) in [6.07, 6.45) is -7.50. The quantitative estimate of drug-likeness (QED) is 0.865. The second kappa shape index (κ2) is 5.98. The summed E-state index contributed by atoms with van der Waals surface area (Å²) in [5, 5.41) is 8.68. The number of ether oxygens (including phenoxy) is 1. The molecule has 0 aliphatic heterocycles. The first-order valence-electron chi connectivity index (χ1n) is 5.01. The van der Waals surface area contributed by atoms with Gasteiger partial charge in [0.25, 0.3) is 0 Å². The van der Waals surface area contributed by atoms with Gasteiger partial charge in [0.05, 0.1) is 10.6 Å². The van der Waals surface area contributed by atoms with Gasteiger partial charge in [0, 0.05) is 0 Å². The van der Waals surface area contributed by atoms with Crippen LogP contribution in [0, 0.1) is 0 Å². The number of ketones is 1. The minimum absolute atomic E-state index is 0.0104. The van der Waals surface area contributed by atoms with E-state index in [0.717, 1.165) is 0 Å². The van der Waals surface area contributed by atoms with Crippen LogP contribution in [-0.2, 0) is 0 Å². The number of carbonyl (C=O) groups excluding carboxylic acids is 1. The predicted molar refractivity (Wildman–Crippen MR) is 64.0 cm³/mol. The van der Waals surface area contributed by atoms with E-state index < -0.39 is 24.7 Å². The third kappa shape index (κ3) is 3.99. The third-order valence-corrected chi connectivity index (χ3v) is 2.98. The van der Waals surface area contributed by atoms with E-state index in [9.17, 15) is 18.0 Å². The summed E-state index contributed by atoms with van der Waals surface area (Å²) in [7, 11) is 0. The number of rotatable bonds is 4. The molecular formula is C11H9Cl2F3O3. The van der Waals surface area contributed by atoms with Crippen molar-refractivity contribution in [3.63, 3.8) is 0 Å². The molecule has 0 saturated carbocycles. The first-order valence-corrected chi connectivity index (χ1v) is 5.76. The molecule has 106 valence electrons. The van der Waals surface area contributed by atoms with Gasteiger partial charge in [0.2, 0.25) is 0 Å². The molecule has 19 heavy (non-hydrogen) atoms. The molecule has 1 atom stereocenters. The monoisotopic (exact) mass is 316 g/mol. The van der Waals surface area contributed by atoms with E-state index >= 15 is 0 Å². The van der Waals surface area contributed by atoms with Gasteiger partial charge < -0.3 is 9.84 Å². The highest BCUT2D eigenvalue weighted by Crippen LogP contribution is 2.36. The number of aliphatic hydroxyl groups excluding tert-OH is 1. The van der Waals surface area contributed by atoms with Crippen molar-refractivity contribution in [2.75, 3.05) is 6.61 Å². The van der Waals surface area contributed by atoms with Crippen LogP contribution in [0.15, 0.2) is 12.1 Å². The van der Waals surface area contributed by atoms with Crippen LogP contribution in [0.2, 0.25) is 10.0 Å². The lowest BCUT2D eigenvalue weighted by atomic mass is 10.1. The van der Waals surface area contributed by atoms with Crippen LogP contribution in [0.1, 0.15) is 17.3 Å². The zero-order valence-electron chi connectivity index (χ0n) is 9.59. The second-order valence-electron chi connectivity index (χ2n) is 3.66. The number of carbonyl (C=O) groups is 1. The van der Waals surface area contributed by atoms with Gasteiger partial charge in [-0.25, -0.2) is 0 Å². The van der Waals surface area contributed by atoms with Gasteiger partial charge in [-0.15, -0.1) is 0 Å². The number of hydrogen-bond acceptors (Lipinski definition) is 3. The Morgan fingerprint density at radius 1 is 1.42 bits per heavy atom.